The quantitative estimate of drug-likeness (QED) is 0.468. The molecule has 0 aliphatic carbocycles. The highest BCUT2D eigenvalue weighted by atomic mass is 28.3. The highest BCUT2D eigenvalue weighted by molar-refractivity contribution is 6.76. The standard InChI is InChI=1S/C10H27NSi2/c1-6-11(7-2)12-9-8-10-13(3,4)5/h6-10,12H2,1-5H3. The van der Waals surface area contributed by atoms with Gasteiger partial charge in [0.05, 0.1) is 9.68 Å². The maximum Gasteiger partial charge on any atom is 0.0950 e. The second kappa shape index (κ2) is 6.79. The molecule has 0 aliphatic heterocycles. The average molecular weight is 218 g/mol. The van der Waals surface area contributed by atoms with Crippen molar-refractivity contribution in [3.8, 4) is 0 Å². The molecule has 0 radical (unpaired) electrons. The van der Waals surface area contributed by atoms with Gasteiger partial charge in [0.2, 0.25) is 0 Å². The van der Waals surface area contributed by atoms with Gasteiger partial charge in [0, 0.05) is 8.07 Å². The van der Waals surface area contributed by atoms with Crippen molar-refractivity contribution in [2.75, 3.05) is 13.1 Å². The highest BCUT2D eigenvalue weighted by Gasteiger charge is 2.11. The van der Waals surface area contributed by atoms with Crippen molar-refractivity contribution in [1.29, 1.82) is 0 Å². The first-order valence-electron chi connectivity index (χ1n) is 5.72. The van der Waals surface area contributed by atoms with Crippen molar-refractivity contribution in [3.05, 3.63) is 0 Å². The van der Waals surface area contributed by atoms with Crippen LogP contribution in [0.2, 0.25) is 31.7 Å². The molecule has 0 N–H and O–H groups in total. The van der Waals surface area contributed by atoms with Crippen molar-refractivity contribution in [2.24, 2.45) is 0 Å². The zero-order chi connectivity index (χ0) is 10.3. The Hall–Kier alpha value is 0.394. The van der Waals surface area contributed by atoms with Gasteiger partial charge in [0.25, 0.3) is 0 Å². The van der Waals surface area contributed by atoms with Gasteiger partial charge in [-0.3, -0.25) is 0 Å². The van der Waals surface area contributed by atoms with E-state index in [1.54, 1.807) is 0 Å². The van der Waals surface area contributed by atoms with Crippen molar-refractivity contribution in [1.82, 2.24) is 4.57 Å². The van der Waals surface area contributed by atoms with Crippen LogP contribution < -0.4 is 0 Å². The van der Waals surface area contributed by atoms with E-state index in [9.17, 15) is 0 Å². The van der Waals surface area contributed by atoms with Crippen molar-refractivity contribution in [3.63, 3.8) is 0 Å². The molecule has 0 saturated carbocycles. The number of nitrogens with zero attached hydrogens (tertiary/aromatic N) is 1. The van der Waals surface area contributed by atoms with Crippen LogP contribution in [0.5, 0.6) is 0 Å². The molecule has 0 fully saturated rings. The van der Waals surface area contributed by atoms with E-state index in [0.717, 1.165) is 0 Å². The lowest BCUT2D eigenvalue weighted by Gasteiger charge is -2.19. The predicted molar refractivity (Wildman–Crippen MR) is 69.0 cm³/mol. The van der Waals surface area contributed by atoms with E-state index in [1.165, 1.54) is 31.6 Å². The minimum absolute atomic E-state index is 0.112. The molecule has 3 heteroatoms. The van der Waals surface area contributed by atoms with E-state index in [1.807, 2.05) is 0 Å². The summed E-state index contributed by atoms with van der Waals surface area (Å²) in [5, 5.41) is 0. The molecule has 0 bridgehead atoms. The Morgan fingerprint density at radius 3 is 2.00 bits per heavy atom. The minimum Gasteiger partial charge on any atom is -0.330 e. The van der Waals surface area contributed by atoms with Crippen LogP contribution in [-0.2, 0) is 0 Å². The summed E-state index contributed by atoms with van der Waals surface area (Å²) in [5.74, 6) is 0. The molecule has 0 aromatic carbocycles. The highest BCUT2D eigenvalue weighted by Crippen LogP contribution is 2.12. The lowest BCUT2D eigenvalue weighted by molar-refractivity contribution is 0.491. The summed E-state index contributed by atoms with van der Waals surface area (Å²) in [7, 11) is -0.634. The van der Waals surface area contributed by atoms with Crippen molar-refractivity contribution >= 4 is 17.8 Å². The zero-order valence-corrected chi connectivity index (χ0v) is 12.6. The predicted octanol–water partition coefficient (Wildman–Crippen LogP) is 2.56. The van der Waals surface area contributed by atoms with E-state index in [0.29, 0.717) is 0 Å². The molecule has 0 aromatic rings. The second-order valence-electron chi connectivity index (χ2n) is 5.04. The number of hydrogen-bond acceptors (Lipinski definition) is 1. The van der Waals surface area contributed by atoms with Gasteiger partial charge in [0.15, 0.2) is 0 Å². The summed E-state index contributed by atoms with van der Waals surface area (Å²) >= 11 is 0. The smallest absolute Gasteiger partial charge is 0.0950 e. The van der Waals surface area contributed by atoms with Crippen molar-refractivity contribution in [2.45, 2.75) is 52.0 Å². The molecule has 80 valence electrons. The van der Waals surface area contributed by atoms with Crippen molar-refractivity contribution < 1.29 is 0 Å². The van der Waals surface area contributed by atoms with Gasteiger partial charge in [-0.05, 0) is 13.1 Å². The molecule has 0 rings (SSSR count). The average Bonchev–Trinajstić information content (AvgIpc) is 2.03. The molecule has 0 saturated heterocycles. The third-order valence-corrected chi connectivity index (χ3v) is 6.74. The first kappa shape index (κ1) is 13.4. The molecule has 0 atom stereocenters. The van der Waals surface area contributed by atoms with Gasteiger partial charge in [0.1, 0.15) is 0 Å². The third-order valence-electron chi connectivity index (χ3n) is 2.55. The normalized spacial score (nSPS) is 13.4. The van der Waals surface area contributed by atoms with Crippen LogP contribution in [0.1, 0.15) is 20.3 Å². The third kappa shape index (κ3) is 8.72. The van der Waals surface area contributed by atoms with E-state index >= 15 is 0 Å². The Balaban J connectivity index is 3.34. The van der Waals surface area contributed by atoms with Gasteiger partial charge >= 0.3 is 0 Å². The van der Waals surface area contributed by atoms with Gasteiger partial charge in [-0.1, -0.05) is 52.0 Å². The zero-order valence-electron chi connectivity index (χ0n) is 10.2. The van der Waals surface area contributed by atoms with E-state index in [4.69, 9.17) is 0 Å². The Kier molecular flexibility index (Phi) is 7.00. The molecule has 0 aliphatic rings. The number of rotatable bonds is 7. The first-order valence-corrected chi connectivity index (χ1v) is 11.1. The summed E-state index contributed by atoms with van der Waals surface area (Å²) < 4.78 is 2.66. The van der Waals surface area contributed by atoms with Crippen LogP contribution >= 0.6 is 0 Å². The monoisotopic (exact) mass is 217 g/mol. The van der Waals surface area contributed by atoms with Crippen LogP contribution in [0.3, 0.4) is 0 Å². The fourth-order valence-corrected chi connectivity index (χ4v) is 4.89. The Morgan fingerprint density at radius 2 is 1.62 bits per heavy atom. The molecule has 0 heterocycles. The van der Waals surface area contributed by atoms with Gasteiger partial charge in [-0.25, -0.2) is 0 Å². The second-order valence-corrected chi connectivity index (χ2v) is 12.7. The minimum atomic E-state index is -0.746. The summed E-state index contributed by atoms with van der Waals surface area (Å²) in [6.45, 7) is 14.6. The maximum atomic E-state index is 2.66. The van der Waals surface area contributed by atoms with Crippen LogP contribution in [0.25, 0.3) is 0 Å². The Bertz CT molecular complexity index is 117. The summed E-state index contributed by atoms with van der Waals surface area (Å²) in [5.41, 5.74) is 0. The SMILES string of the molecule is CCN(CC)[SiH2]CCC[Si](C)(C)C. The molecule has 13 heavy (non-hydrogen) atoms. The lowest BCUT2D eigenvalue weighted by Crippen LogP contribution is -2.27. The van der Waals surface area contributed by atoms with E-state index < -0.39 is 8.07 Å². The number of hydrogen-bond donors (Lipinski definition) is 0. The van der Waals surface area contributed by atoms with Gasteiger partial charge in [-0.15, -0.1) is 0 Å². The molecule has 0 spiro atoms. The fourth-order valence-electron chi connectivity index (χ4n) is 1.53. The first-order chi connectivity index (χ1) is 5.99. The molecule has 0 unspecified atom stereocenters. The van der Waals surface area contributed by atoms with Gasteiger partial charge in [-0.2, -0.15) is 0 Å². The molecular formula is C10H27NSi2. The van der Waals surface area contributed by atoms with Crippen LogP contribution in [0.15, 0.2) is 0 Å². The van der Waals surface area contributed by atoms with E-state index in [-0.39, 0.29) is 9.68 Å². The molecule has 0 amide bonds. The summed E-state index contributed by atoms with van der Waals surface area (Å²) in [4.78, 5) is 0. The maximum absolute atomic E-state index is 2.66. The molecule has 1 nitrogen and oxygen atoms in total. The Labute approximate surface area is 87.8 Å². The van der Waals surface area contributed by atoms with Crippen LogP contribution in [0.4, 0.5) is 0 Å². The molecule has 0 aromatic heterocycles. The van der Waals surface area contributed by atoms with Crippen LogP contribution in [-0.4, -0.2) is 35.4 Å². The van der Waals surface area contributed by atoms with E-state index in [2.05, 4.69) is 38.1 Å². The summed E-state index contributed by atoms with van der Waals surface area (Å²) in [6, 6.07) is 3.06. The topological polar surface area (TPSA) is 3.24 Å². The lowest BCUT2D eigenvalue weighted by atomic mass is 10.6. The fraction of sp³-hybridized carbons (Fsp3) is 1.00. The largest absolute Gasteiger partial charge is 0.330 e. The summed E-state index contributed by atoms with van der Waals surface area (Å²) in [6.07, 6.45) is 1.50. The molecular weight excluding hydrogens is 190 g/mol. The van der Waals surface area contributed by atoms with Crippen LogP contribution in [0, 0.1) is 0 Å². The van der Waals surface area contributed by atoms with Gasteiger partial charge < -0.3 is 4.57 Å². The Morgan fingerprint density at radius 1 is 1.08 bits per heavy atom.